The predicted octanol–water partition coefficient (Wildman–Crippen LogP) is 4.42. The summed E-state index contributed by atoms with van der Waals surface area (Å²) in [5, 5.41) is 10.2. The van der Waals surface area contributed by atoms with Crippen LogP contribution < -0.4 is 4.74 Å². The van der Waals surface area contributed by atoms with Gasteiger partial charge in [-0.1, -0.05) is 26.0 Å². The van der Waals surface area contributed by atoms with Crippen molar-refractivity contribution >= 4 is 17.3 Å². The van der Waals surface area contributed by atoms with Crippen molar-refractivity contribution in [3.05, 3.63) is 35.0 Å². The van der Waals surface area contributed by atoms with Gasteiger partial charge in [0.2, 0.25) is 0 Å². The van der Waals surface area contributed by atoms with Gasteiger partial charge in [0, 0.05) is 5.92 Å². The van der Waals surface area contributed by atoms with E-state index in [1.165, 1.54) is 11.3 Å². The summed E-state index contributed by atoms with van der Waals surface area (Å²) in [6.45, 7) is 7.93. The van der Waals surface area contributed by atoms with Crippen LogP contribution in [0.25, 0.3) is 10.4 Å². The Balaban J connectivity index is 2.47. The molecule has 0 aliphatic carbocycles. The number of carboxylic acids is 1. The zero-order valence-electron chi connectivity index (χ0n) is 12.6. The van der Waals surface area contributed by atoms with Crippen LogP contribution in [0.3, 0.4) is 0 Å². The molecule has 112 valence electrons. The molecule has 21 heavy (non-hydrogen) atoms. The summed E-state index contributed by atoms with van der Waals surface area (Å²) in [5.41, 5.74) is 0.945. The quantitative estimate of drug-likeness (QED) is 0.888. The monoisotopic (exact) mass is 305 g/mol. The molecule has 1 aromatic carbocycles. The van der Waals surface area contributed by atoms with E-state index in [0.717, 1.165) is 16.3 Å². The van der Waals surface area contributed by atoms with E-state index in [1.54, 1.807) is 0 Å². The first-order valence-corrected chi connectivity index (χ1v) is 7.71. The number of nitrogens with zero attached hydrogens (tertiary/aromatic N) is 1. The molecule has 2 aromatic rings. The van der Waals surface area contributed by atoms with Crippen LogP contribution in [-0.4, -0.2) is 22.2 Å². The summed E-state index contributed by atoms with van der Waals surface area (Å²) in [6.07, 6.45) is 0.0758. The Morgan fingerprint density at radius 2 is 2.00 bits per heavy atom. The summed E-state index contributed by atoms with van der Waals surface area (Å²) in [6, 6.07) is 7.49. The van der Waals surface area contributed by atoms with Gasteiger partial charge < -0.3 is 9.84 Å². The highest BCUT2D eigenvalue weighted by Gasteiger charge is 2.20. The first kappa shape index (κ1) is 15.5. The fraction of sp³-hybridized carbons (Fsp3) is 0.375. The van der Waals surface area contributed by atoms with Crippen LogP contribution >= 0.6 is 11.3 Å². The Bertz CT molecular complexity index is 647. The second kappa shape index (κ2) is 6.26. The molecule has 0 radical (unpaired) electrons. The molecule has 1 N–H and O–H groups in total. The molecule has 0 aliphatic rings. The standard InChI is InChI=1S/C16H19NO3S/c1-9(2)15-17-13(16(18)19)14(21-15)11-6-5-7-12(8-11)20-10(3)4/h5-10H,1-4H3,(H,18,19). The van der Waals surface area contributed by atoms with Crippen molar-refractivity contribution in [2.75, 3.05) is 0 Å². The van der Waals surface area contributed by atoms with E-state index in [-0.39, 0.29) is 17.7 Å². The molecule has 0 unspecified atom stereocenters. The van der Waals surface area contributed by atoms with Crippen molar-refractivity contribution in [3.8, 4) is 16.2 Å². The highest BCUT2D eigenvalue weighted by molar-refractivity contribution is 7.15. The van der Waals surface area contributed by atoms with Crippen LogP contribution in [0.5, 0.6) is 5.75 Å². The van der Waals surface area contributed by atoms with E-state index in [4.69, 9.17) is 4.74 Å². The van der Waals surface area contributed by atoms with Gasteiger partial charge in [-0.3, -0.25) is 0 Å². The van der Waals surface area contributed by atoms with Crippen molar-refractivity contribution in [2.24, 2.45) is 0 Å². The second-order valence-electron chi connectivity index (χ2n) is 5.38. The van der Waals surface area contributed by atoms with Gasteiger partial charge in [-0.15, -0.1) is 11.3 Å². The van der Waals surface area contributed by atoms with Crippen molar-refractivity contribution in [2.45, 2.75) is 39.7 Å². The maximum absolute atomic E-state index is 11.4. The molecule has 1 heterocycles. The van der Waals surface area contributed by atoms with Crippen LogP contribution in [-0.2, 0) is 0 Å². The number of aromatic carboxylic acids is 1. The minimum atomic E-state index is -0.997. The number of aromatic nitrogens is 1. The van der Waals surface area contributed by atoms with Crippen molar-refractivity contribution in [1.29, 1.82) is 0 Å². The van der Waals surface area contributed by atoms with Gasteiger partial charge in [0.05, 0.1) is 16.0 Å². The van der Waals surface area contributed by atoms with E-state index in [9.17, 15) is 9.90 Å². The van der Waals surface area contributed by atoms with Gasteiger partial charge in [-0.25, -0.2) is 9.78 Å². The van der Waals surface area contributed by atoms with Gasteiger partial charge in [-0.2, -0.15) is 0 Å². The summed E-state index contributed by atoms with van der Waals surface area (Å²) < 4.78 is 5.67. The largest absolute Gasteiger partial charge is 0.491 e. The van der Waals surface area contributed by atoms with Crippen LogP contribution in [0.4, 0.5) is 0 Å². The number of thiazole rings is 1. The summed E-state index contributed by atoms with van der Waals surface area (Å²) in [5.74, 6) is -0.0568. The number of carboxylic acid groups (broad SMARTS) is 1. The number of hydrogen-bond donors (Lipinski definition) is 1. The number of benzene rings is 1. The maximum Gasteiger partial charge on any atom is 0.356 e. The van der Waals surface area contributed by atoms with E-state index in [2.05, 4.69) is 4.98 Å². The summed E-state index contributed by atoms with van der Waals surface area (Å²) >= 11 is 1.43. The van der Waals surface area contributed by atoms with Gasteiger partial charge in [0.1, 0.15) is 5.75 Å². The Morgan fingerprint density at radius 3 is 2.57 bits per heavy atom. The topological polar surface area (TPSA) is 59.4 Å². The van der Waals surface area contributed by atoms with Crippen LogP contribution in [0.2, 0.25) is 0 Å². The number of rotatable bonds is 5. The SMILES string of the molecule is CC(C)Oc1cccc(-c2sc(C(C)C)nc2C(=O)O)c1. The van der Waals surface area contributed by atoms with Gasteiger partial charge in [0.15, 0.2) is 5.69 Å². The molecule has 0 amide bonds. The lowest BCUT2D eigenvalue weighted by atomic mass is 10.1. The van der Waals surface area contributed by atoms with Crippen molar-refractivity contribution < 1.29 is 14.6 Å². The lowest BCUT2D eigenvalue weighted by Crippen LogP contribution is -2.05. The Hall–Kier alpha value is -1.88. The molecule has 0 fully saturated rings. The first-order valence-electron chi connectivity index (χ1n) is 6.89. The Morgan fingerprint density at radius 1 is 1.29 bits per heavy atom. The minimum Gasteiger partial charge on any atom is -0.491 e. The van der Waals surface area contributed by atoms with E-state index in [1.807, 2.05) is 52.0 Å². The normalized spacial score (nSPS) is 11.1. The average Bonchev–Trinajstić information content (AvgIpc) is 2.83. The van der Waals surface area contributed by atoms with Gasteiger partial charge in [0.25, 0.3) is 0 Å². The Labute approximate surface area is 128 Å². The zero-order chi connectivity index (χ0) is 15.6. The highest BCUT2D eigenvalue weighted by atomic mass is 32.1. The molecule has 0 spiro atoms. The molecule has 0 atom stereocenters. The number of hydrogen-bond acceptors (Lipinski definition) is 4. The average molecular weight is 305 g/mol. The van der Waals surface area contributed by atoms with Crippen molar-refractivity contribution in [3.63, 3.8) is 0 Å². The third kappa shape index (κ3) is 3.61. The third-order valence-electron chi connectivity index (χ3n) is 2.81. The predicted molar refractivity (Wildman–Crippen MR) is 84.4 cm³/mol. The lowest BCUT2D eigenvalue weighted by Gasteiger charge is -2.10. The smallest absolute Gasteiger partial charge is 0.356 e. The van der Waals surface area contributed by atoms with Crippen LogP contribution in [0.1, 0.15) is 49.1 Å². The summed E-state index contributed by atoms with van der Waals surface area (Å²) in [4.78, 5) is 16.3. The zero-order valence-corrected chi connectivity index (χ0v) is 13.4. The van der Waals surface area contributed by atoms with E-state index >= 15 is 0 Å². The molecule has 0 bridgehead atoms. The molecule has 1 aromatic heterocycles. The molecule has 0 saturated heterocycles. The number of ether oxygens (including phenoxy) is 1. The molecular formula is C16H19NO3S. The molecule has 4 nitrogen and oxygen atoms in total. The second-order valence-corrected chi connectivity index (χ2v) is 6.41. The molecule has 5 heteroatoms. The highest BCUT2D eigenvalue weighted by Crippen LogP contribution is 2.35. The van der Waals surface area contributed by atoms with E-state index in [0.29, 0.717) is 4.88 Å². The minimum absolute atomic E-state index is 0.0758. The molecule has 2 rings (SSSR count). The van der Waals surface area contributed by atoms with Crippen molar-refractivity contribution in [1.82, 2.24) is 4.98 Å². The lowest BCUT2D eigenvalue weighted by molar-refractivity contribution is 0.0692. The molecular weight excluding hydrogens is 286 g/mol. The van der Waals surface area contributed by atoms with Crippen LogP contribution in [0, 0.1) is 0 Å². The fourth-order valence-corrected chi connectivity index (χ4v) is 2.96. The summed E-state index contributed by atoms with van der Waals surface area (Å²) in [7, 11) is 0. The van der Waals surface area contributed by atoms with Gasteiger partial charge >= 0.3 is 5.97 Å². The Kier molecular flexibility index (Phi) is 4.63. The molecule has 0 aliphatic heterocycles. The fourth-order valence-electron chi connectivity index (χ4n) is 1.91. The van der Waals surface area contributed by atoms with Gasteiger partial charge in [-0.05, 0) is 31.5 Å². The third-order valence-corrected chi connectivity index (χ3v) is 4.21. The molecule has 0 saturated carbocycles. The van der Waals surface area contributed by atoms with E-state index < -0.39 is 5.97 Å². The number of carbonyl (C=O) groups is 1. The van der Waals surface area contributed by atoms with Crippen LogP contribution in [0.15, 0.2) is 24.3 Å². The maximum atomic E-state index is 11.4. The first-order chi connectivity index (χ1) is 9.88.